The maximum Gasteiger partial charge on any atom is 0.315 e. The summed E-state index contributed by atoms with van der Waals surface area (Å²) < 4.78 is 10.8. The van der Waals surface area contributed by atoms with E-state index in [1.54, 1.807) is 19.1 Å². The molecule has 1 aromatic carbocycles. The van der Waals surface area contributed by atoms with Gasteiger partial charge in [-0.25, -0.2) is 4.79 Å². The summed E-state index contributed by atoms with van der Waals surface area (Å²) in [5.41, 5.74) is -0.302. The number of carbonyl (C=O) groups is 1. The second kappa shape index (κ2) is 8.07. The maximum absolute atomic E-state index is 12.1. The van der Waals surface area contributed by atoms with Gasteiger partial charge in [0.25, 0.3) is 0 Å². The zero-order chi connectivity index (χ0) is 18.4. The quantitative estimate of drug-likeness (QED) is 0.718. The van der Waals surface area contributed by atoms with Crippen LogP contribution in [0.1, 0.15) is 45.1 Å². The predicted octanol–water partition coefficient (Wildman–Crippen LogP) is 3.33. The van der Waals surface area contributed by atoms with Crippen LogP contribution in [0.5, 0.6) is 5.75 Å². The molecule has 0 aliphatic heterocycles. The Morgan fingerprint density at radius 1 is 1.24 bits per heavy atom. The van der Waals surface area contributed by atoms with Gasteiger partial charge in [-0.3, -0.25) is 0 Å². The number of nitrogens with one attached hydrogen (secondary N) is 2. The van der Waals surface area contributed by atoms with E-state index in [0.29, 0.717) is 5.76 Å². The van der Waals surface area contributed by atoms with Crippen LogP contribution in [0.2, 0.25) is 0 Å². The molecule has 136 valence electrons. The van der Waals surface area contributed by atoms with Crippen LogP contribution in [-0.4, -0.2) is 23.8 Å². The van der Waals surface area contributed by atoms with Crippen molar-refractivity contribution >= 4 is 6.03 Å². The average Bonchev–Trinajstić information content (AvgIpc) is 3.08. The van der Waals surface area contributed by atoms with Gasteiger partial charge in [0, 0.05) is 0 Å². The first-order chi connectivity index (χ1) is 11.8. The van der Waals surface area contributed by atoms with Crippen LogP contribution in [-0.2, 0) is 5.60 Å². The van der Waals surface area contributed by atoms with Gasteiger partial charge in [0.05, 0.1) is 25.0 Å². The third kappa shape index (κ3) is 5.53. The molecular weight excluding hydrogens is 320 g/mol. The Balaban J connectivity index is 1.85. The summed E-state index contributed by atoms with van der Waals surface area (Å²) in [6.45, 7) is 7.46. The van der Waals surface area contributed by atoms with Crippen molar-refractivity contribution < 1.29 is 19.1 Å². The Hall–Kier alpha value is -2.47. The molecule has 0 spiro atoms. The molecule has 0 fully saturated rings. The van der Waals surface area contributed by atoms with E-state index < -0.39 is 5.60 Å². The van der Waals surface area contributed by atoms with E-state index >= 15 is 0 Å². The minimum absolute atomic E-state index is 0.0419. The third-order valence-corrected chi connectivity index (χ3v) is 3.74. The second-order valence-electron chi connectivity index (χ2n) is 6.54. The van der Waals surface area contributed by atoms with E-state index in [1.807, 2.05) is 45.0 Å². The minimum Gasteiger partial charge on any atom is -0.491 e. The van der Waals surface area contributed by atoms with Crippen LogP contribution in [0.3, 0.4) is 0 Å². The summed E-state index contributed by atoms with van der Waals surface area (Å²) >= 11 is 0. The fourth-order valence-electron chi connectivity index (χ4n) is 2.36. The van der Waals surface area contributed by atoms with E-state index in [9.17, 15) is 9.90 Å². The van der Waals surface area contributed by atoms with Crippen LogP contribution >= 0.6 is 0 Å². The highest BCUT2D eigenvalue weighted by molar-refractivity contribution is 5.74. The van der Waals surface area contributed by atoms with Gasteiger partial charge in [0.15, 0.2) is 0 Å². The molecule has 25 heavy (non-hydrogen) atoms. The van der Waals surface area contributed by atoms with Gasteiger partial charge < -0.3 is 24.9 Å². The Morgan fingerprint density at radius 3 is 2.48 bits per heavy atom. The smallest absolute Gasteiger partial charge is 0.315 e. The Bertz CT molecular complexity index is 663. The van der Waals surface area contributed by atoms with Gasteiger partial charge in [-0.2, -0.15) is 0 Å². The lowest BCUT2D eigenvalue weighted by Gasteiger charge is -2.22. The molecule has 1 heterocycles. The summed E-state index contributed by atoms with van der Waals surface area (Å²) in [5, 5.41) is 15.8. The normalized spacial score (nSPS) is 14.6. The molecule has 6 nitrogen and oxygen atoms in total. The molecule has 0 aliphatic carbocycles. The van der Waals surface area contributed by atoms with E-state index in [0.717, 1.165) is 11.3 Å². The molecule has 3 N–H and O–H groups in total. The number of hydrogen-bond donors (Lipinski definition) is 3. The van der Waals surface area contributed by atoms with Crippen molar-refractivity contribution in [3.8, 4) is 5.75 Å². The zero-order valence-corrected chi connectivity index (χ0v) is 15.1. The lowest BCUT2D eigenvalue weighted by molar-refractivity contribution is 0.0366. The Kier molecular flexibility index (Phi) is 6.09. The molecular formula is C19H26N2O4. The summed E-state index contributed by atoms with van der Waals surface area (Å²) in [6, 6.07) is 10.4. The number of amides is 2. The monoisotopic (exact) mass is 346 g/mol. The van der Waals surface area contributed by atoms with Gasteiger partial charge in [0.1, 0.15) is 17.1 Å². The minimum atomic E-state index is -1.26. The van der Waals surface area contributed by atoms with Crippen molar-refractivity contribution in [2.75, 3.05) is 6.54 Å². The molecule has 2 unspecified atom stereocenters. The number of ether oxygens (including phenoxy) is 1. The predicted molar refractivity (Wildman–Crippen MR) is 95.4 cm³/mol. The highest BCUT2D eigenvalue weighted by atomic mass is 16.5. The maximum atomic E-state index is 12.1. The number of carbonyl (C=O) groups excluding carboxylic acids is 1. The Labute approximate surface area is 148 Å². The Morgan fingerprint density at radius 2 is 1.92 bits per heavy atom. The largest absolute Gasteiger partial charge is 0.491 e. The number of urea groups is 1. The second-order valence-corrected chi connectivity index (χ2v) is 6.54. The molecule has 1 aromatic heterocycles. The molecule has 0 saturated heterocycles. The number of furan rings is 1. The van der Waals surface area contributed by atoms with Gasteiger partial charge in [-0.15, -0.1) is 0 Å². The van der Waals surface area contributed by atoms with Crippen LogP contribution in [0, 0.1) is 0 Å². The van der Waals surface area contributed by atoms with Crippen LogP contribution < -0.4 is 15.4 Å². The summed E-state index contributed by atoms with van der Waals surface area (Å²) in [6.07, 6.45) is 1.60. The van der Waals surface area contributed by atoms with E-state index in [-0.39, 0.29) is 24.7 Å². The fraction of sp³-hybridized carbons (Fsp3) is 0.421. The van der Waals surface area contributed by atoms with E-state index in [4.69, 9.17) is 9.15 Å². The van der Waals surface area contributed by atoms with Crippen LogP contribution in [0.15, 0.2) is 47.1 Å². The van der Waals surface area contributed by atoms with Gasteiger partial charge >= 0.3 is 6.03 Å². The van der Waals surface area contributed by atoms with Crippen molar-refractivity contribution in [1.82, 2.24) is 10.6 Å². The summed E-state index contributed by atoms with van der Waals surface area (Å²) in [7, 11) is 0. The zero-order valence-electron chi connectivity index (χ0n) is 15.1. The van der Waals surface area contributed by atoms with Crippen LogP contribution in [0.25, 0.3) is 0 Å². The van der Waals surface area contributed by atoms with Crippen molar-refractivity contribution in [2.45, 2.75) is 45.4 Å². The van der Waals surface area contributed by atoms with Crippen molar-refractivity contribution in [2.24, 2.45) is 0 Å². The molecule has 2 amide bonds. The summed E-state index contributed by atoms with van der Waals surface area (Å²) in [5.74, 6) is 1.20. The standard InChI is InChI=1S/C19H26N2O4/c1-13(2)25-16-9-7-15(8-10-16)14(3)21-18(22)20-12-19(4,23)17-6-5-11-24-17/h5-11,13-14,23H,12H2,1-4H3,(H2,20,21,22). The van der Waals surface area contributed by atoms with Gasteiger partial charge in [-0.1, -0.05) is 12.1 Å². The lowest BCUT2D eigenvalue weighted by Crippen LogP contribution is -2.44. The van der Waals surface area contributed by atoms with E-state index in [2.05, 4.69) is 10.6 Å². The third-order valence-electron chi connectivity index (χ3n) is 3.74. The first-order valence-electron chi connectivity index (χ1n) is 8.35. The van der Waals surface area contributed by atoms with Crippen molar-refractivity contribution in [3.05, 3.63) is 54.0 Å². The first-order valence-corrected chi connectivity index (χ1v) is 8.35. The van der Waals surface area contributed by atoms with Crippen LogP contribution in [0.4, 0.5) is 4.79 Å². The van der Waals surface area contributed by atoms with Crippen molar-refractivity contribution in [3.63, 3.8) is 0 Å². The van der Waals surface area contributed by atoms with Gasteiger partial charge in [0.2, 0.25) is 0 Å². The summed E-state index contributed by atoms with van der Waals surface area (Å²) in [4.78, 5) is 12.1. The molecule has 0 radical (unpaired) electrons. The highest BCUT2D eigenvalue weighted by Gasteiger charge is 2.27. The number of hydrogen-bond acceptors (Lipinski definition) is 4. The number of rotatable bonds is 7. The number of benzene rings is 1. The SMILES string of the molecule is CC(C)Oc1ccc(C(C)NC(=O)NCC(C)(O)c2ccco2)cc1. The molecule has 6 heteroatoms. The fourth-order valence-corrected chi connectivity index (χ4v) is 2.36. The molecule has 0 saturated carbocycles. The van der Waals surface area contributed by atoms with Gasteiger partial charge in [-0.05, 0) is 57.5 Å². The molecule has 2 rings (SSSR count). The molecule has 0 aliphatic rings. The van der Waals surface area contributed by atoms with E-state index in [1.165, 1.54) is 6.26 Å². The van der Waals surface area contributed by atoms with Crippen molar-refractivity contribution in [1.29, 1.82) is 0 Å². The highest BCUT2D eigenvalue weighted by Crippen LogP contribution is 2.20. The first kappa shape index (κ1) is 18.9. The molecule has 0 bridgehead atoms. The number of aliphatic hydroxyl groups is 1. The molecule has 2 atom stereocenters. The lowest BCUT2D eigenvalue weighted by atomic mass is 10.0. The molecule has 2 aromatic rings. The topological polar surface area (TPSA) is 83.7 Å². The average molecular weight is 346 g/mol.